The molecule has 7 heteroatoms. The summed E-state index contributed by atoms with van der Waals surface area (Å²) in [6, 6.07) is 7.80. The number of tetrazole rings is 1. The lowest BCUT2D eigenvalue weighted by molar-refractivity contribution is -0.120. The highest BCUT2D eigenvalue weighted by atomic mass is 16.1. The zero-order valence-corrected chi connectivity index (χ0v) is 14.1. The van der Waals surface area contributed by atoms with Crippen molar-refractivity contribution in [2.45, 2.75) is 19.8 Å². The molecule has 3 rings (SSSR count). The molecular weight excluding hydrogens is 304 g/mol. The number of ketones is 1. The Labute approximate surface area is 142 Å². The SMILES string of the molecule is CCCN1CCN(CC(=O)Cc2ccc(-n3cnnn3)cc2)CC1. The second-order valence-corrected chi connectivity index (χ2v) is 6.25. The van der Waals surface area contributed by atoms with E-state index in [9.17, 15) is 4.79 Å². The maximum Gasteiger partial charge on any atom is 0.151 e. The summed E-state index contributed by atoms with van der Waals surface area (Å²) in [5, 5.41) is 11.1. The van der Waals surface area contributed by atoms with Gasteiger partial charge in [-0.25, -0.2) is 4.68 Å². The van der Waals surface area contributed by atoms with Gasteiger partial charge >= 0.3 is 0 Å². The van der Waals surface area contributed by atoms with Gasteiger partial charge in [-0.1, -0.05) is 19.1 Å². The van der Waals surface area contributed by atoms with E-state index in [-0.39, 0.29) is 5.78 Å². The van der Waals surface area contributed by atoms with Crippen molar-refractivity contribution in [2.24, 2.45) is 0 Å². The van der Waals surface area contributed by atoms with Crippen LogP contribution in [-0.2, 0) is 11.2 Å². The second kappa shape index (κ2) is 8.12. The Balaban J connectivity index is 1.47. The molecule has 0 atom stereocenters. The highest BCUT2D eigenvalue weighted by Gasteiger charge is 2.18. The lowest BCUT2D eigenvalue weighted by Gasteiger charge is -2.34. The molecule has 2 aromatic rings. The maximum absolute atomic E-state index is 12.3. The van der Waals surface area contributed by atoms with Gasteiger partial charge in [0.15, 0.2) is 5.78 Å². The van der Waals surface area contributed by atoms with E-state index in [1.165, 1.54) is 6.42 Å². The van der Waals surface area contributed by atoms with Crippen LogP contribution in [0.5, 0.6) is 0 Å². The minimum absolute atomic E-state index is 0.272. The minimum atomic E-state index is 0.272. The lowest BCUT2D eigenvalue weighted by Crippen LogP contribution is -2.48. The molecule has 0 aliphatic carbocycles. The van der Waals surface area contributed by atoms with Gasteiger partial charge in [0.05, 0.1) is 12.2 Å². The first-order chi connectivity index (χ1) is 11.7. The molecule has 7 nitrogen and oxygen atoms in total. The maximum atomic E-state index is 12.3. The normalized spacial score (nSPS) is 16.4. The van der Waals surface area contributed by atoms with Crippen LogP contribution >= 0.6 is 0 Å². The lowest BCUT2D eigenvalue weighted by atomic mass is 10.1. The molecule has 0 bridgehead atoms. The summed E-state index contributed by atoms with van der Waals surface area (Å²) in [7, 11) is 0. The fourth-order valence-electron chi connectivity index (χ4n) is 3.07. The van der Waals surface area contributed by atoms with Gasteiger partial charge in [-0.15, -0.1) is 5.10 Å². The molecule has 0 amide bonds. The summed E-state index contributed by atoms with van der Waals surface area (Å²) in [6.45, 7) is 8.04. The van der Waals surface area contributed by atoms with Crippen LogP contribution in [0.4, 0.5) is 0 Å². The molecule has 1 saturated heterocycles. The van der Waals surface area contributed by atoms with Gasteiger partial charge in [0.1, 0.15) is 6.33 Å². The topological polar surface area (TPSA) is 67.2 Å². The molecule has 0 spiro atoms. The minimum Gasteiger partial charge on any atom is -0.301 e. The average Bonchev–Trinajstić information content (AvgIpc) is 3.12. The Morgan fingerprint density at radius 1 is 1.08 bits per heavy atom. The molecule has 0 N–H and O–H groups in total. The predicted molar refractivity (Wildman–Crippen MR) is 91.0 cm³/mol. The van der Waals surface area contributed by atoms with E-state index in [1.807, 2.05) is 24.3 Å². The average molecular weight is 328 g/mol. The molecule has 128 valence electrons. The van der Waals surface area contributed by atoms with Crippen molar-refractivity contribution in [3.8, 4) is 5.69 Å². The molecule has 0 radical (unpaired) electrons. The molecular formula is C17H24N6O. The molecule has 0 saturated carbocycles. The van der Waals surface area contributed by atoms with E-state index < -0.39 is 0 Å². The number of nitrogens with zero attached hydrogens (tertiary/aromatic N) is 6. The van der Waals surface area contributed by atoms with Gasteiger partial charge in [0, 0.05) is 32.6 Å². The standard InChI is InChI=1S/C17H24N6O/c1-2-7-21-8-10-22(11-9-21)13-17(24)12-15-3-5-16(6-4-15)23-14-18-19-20-23/h3-6,14H,2,7-13H2,1H3. The van der Waals surface area contributed by atoms with E-state index in [0.717, 1.165) is 44.0 Å². The number of hydrogen-bond donors (Lipinski definition) is 0. The van der Waals surface area contributed by atoms with E-state index in [4.69, 9.17) is 0 Å². The third-order valence-corrected chi connectivity index (χ3v) is 4.36. The van der Waals surface area contributed by atoms with Crippen LogP contribution in [0.1, 0.15) is 18.9 Å². The monoisotopic (exact) mass is 328 g/mol. The third-order valence-electron chi connectivity index (χ3n) is 4.36. The number of aromatic nitrogens is 4. The van der Waals surface area contributed by atoms with Gasteiger partial charge in [-0.05, 0) is 41.1 Å². The molecule has 1 aromatic heterocycles. The Morgan fingerprint density at radius 2 is 1.79 bits per heavy atom. The number of carbonyl (C=O) groups excluding carboxylic acids is 1. The van der Waals surface area contributed by atoms with E-state index in [2.05, 4.69) is 32.2 Å². The number of piperazine rings is 1. The van der Waals surface area contributed by atoms with Crippen LogP contribution in [0, 0.1) is 0 Å². The van der Waals surface area contributed by atoms with Crippen LogP contribution in [-0.4, -0.2) is 75.1 Å². The highest BCUT2D eigenvalue weighted by molar-refractivity contribution is 5.82. The summed E-state index contributed by atoms with van der Waals surface area (Å²) in [5.74, 6) is 0.272. The Bertz CT molecular complexity index is 632. The summed E-state index contributed by atoms with van der Waals surface area (Å²) < 4.78 is 1.60. The smallest absolute Gasteiger partial charge is 0.151 e. The van der Waals surface area contributed by atoms with E-state index in [1.54, 1.807) is 11.0 Å². The summed E-state index contributed by atoms with van der Waals surface area (Å²) in [5.41, 5.74) is 1.92. The number of benzene rings is 1. The zero-order valence-electron chi connectivity index (χ0n) is 14.1. The van der Waals surface area contributed by atoms with Crippen molar-refractivity contribution >= 4 is 5.78 Å². The van der Waals surface area contributed by atoms with Crippen LogP contribution in [0.25, 0.3) is 5.69 Å². The van der Waals surface area contributed by atoms with Crippen LogP contribution < -0.4 is 0 Å². The Kier molecular flexibility index (Phi) is 5.66. The third kappa shape index (κ3) is 4.46. The number of rotatable bonds is 7. The molecule has 0 unspecified atom stereocenters. The van der Waals surface area contributed by atoms with Crippen LogP contribution in [0.15, 0.2) is 30.6 Å². The van der Waals surface area contributed by atoms with Gasteiger partial charge in [0.2, 0.25) is 0 Å². The van der Waals surface area contributed by atoms with Crippen molar-refractivity contribution < 1.29 is 4.79 Å². The molecule has 1 fully saturated rings. The predicted octanol–water partition coefficient (Wildman–Crippen LogP) is 0.801. The van der Waals surface area contributed by atoms with E-state index >= 15 is 0 Å². The Morgan fingerprint density at radius 3 is 2.42 bits per heavy atom. The Hall–Kier alpha value is -2.12. The van der Waals surface area contributed by atoms with Gasteiger partial charge in [-0.3, -0.25) is 9.69 Å². The van der Waals surface area contributed by atoms with Crippen molar-refractivity contribution in [3.63, 3.8) is 0 Å². The molecule has 24 heavy (non-hydrogen) atoms. The van der Waals surface area contributed by atoms with Gasteiger partial charge < -0.3 is 4.90 Å². The summed E-state index contributed by atoms with van der Waals surface area (Å²) in [4.78, 5) is 17.0. The van der Waals surface area contributed by atoms with Crippen molar-refractivity contribution in [3.05, 3.63) is 36.2 Å². The number of Topliss-reactive ketones (excluding diaryl/α,β-unsaturated/α-hetero) is 1. The first-order valence-corrected chi connectivity index (χ1v) is 8.53. The largest absolute Gasteiger partial charge is 0.301 e. The molecule has 2 heterocycles. The van der Waals surface area contributed by atoms with E-state index in [0.29, 0.717) is 13.0 Å². The molecule has 1 aromatic carbocycles. The zero-order chi connectivity index (χ0) is 16.8. The van der Waals surface area contributed by atoms with Crippen LogP contribution in [0.2, 0.25) is 0 Å². The number of carbonyl (C=O) groups is 1. The van der Waals surface area contributed by atoms with Crippen LogP contribution in [0.3, 0.4) is 0 Å². The summed E-state index contributed by atoms with van der Waals surface area (Å²) in [6.07, 6.45) is 3.23. The summed E-state index contributed by atoms with van der Waals surface area (Å²) >= 11 is 0. The van der Waals surface area contributed by atoms with Crippen molar-refractivity contribution in [1.29, 1.82) is 0 Å². The quantitative estimate of drug-likeness (QED) is 0.749. The van der Waals surface area contributed by atoms with Crippen molar-refractivity contribution in [1.82, 2.24) is 30.0 Å². The fraction of sp³-hybridized carbons (Fsp3) is 0.529. The van der Waals surface area contributed by atoms with Gasteiger partial charge in [-0.2, -0.15) is 0 Å². The molecule has 1 aliphatic heterocycles. The fourth-order valence-corrected chi connectivity index (χ4v) is 3.07. The van der Waals surface area contributed by atoms with Gasteiger partial charge in [0.25, 0.3) is 0 Å². The first-order valence-electron chi connectivity index (χ1n) is 8.53. The second-order valence-electron chi connectivity index (χ2n) is 6.25. The number of hydrogen-bond acceptors (Lipinski definition) is 6. The first kappa shape index (κ1) is 16.7. The van der Waals surface area contributed by atoms with Crippen molar-refractivity contribution in [2.75, 3.05) is 39.3 Å². The molecule has 1 aliphatic rings. The highest BCUT2D eigenvalue weighted by Crippen LogP contribution is 2.09.